The minimum Gasteiger partial charge on any atom is -0.484 e. The van der Waals surface area contributed by atoms with Gasteiger partial charge in [-0.2, -0.15) is 13.2 Å². The molecule has 3 aromatic rings. The first kappa shape index (κ1) is 31.0. The van der Waals surface area contributed by atoms with E-state index in [0.29, 0.717) is 38.3 Å². The zero-order valence-electron chi connectivity index (χ0n) is 24.4. The van der Waals surface area contributed by atoms with Crippen molar-refractivity contribution in [1.29, 1.82) is 0 Å². The van der Waals surface area contributed by atoms with Crippen LogP contribution in [0, 0.1) is 13.8 Å². The van der Waals surface area contributed by atoms with Gasteiger partial charge in [-0.25, -0.2) is 4.98 Å². The van der Waals surface area contributed by atoms with Crippen LogP contribution in [-0.2, 0) is 17.5 Å². The number of fused-ring (bicyclic) bond motifs is 1. The minimum atomic E-state index is -4.60. The van der Waals surface area contributed by atoms with Gasteiger partial charge in [0.05, 0.1) is 16.9 Å². The number of para-hydroxylation sites is 2. The predicted molar refractivity (Wildman–Crippen MR) is 156 cm³/mol. The summed E-state index contributed by atoms with van der Waals surface area (Å²) in [5.74, 6) is -0.0168. The number of benzene rings is 2. The van der Waals surface area contributed by atoms with Crippen molar-refractivity contribution in [3.05, 3.63) is 88.7 Å². The lowest BCUT2D eigenvalue weighted by molar-refractivity contribution is -0.141. The van der Waals surface area contributed by atoms with Gasteiger partial charge in [0.25, 0.3) is 11.8 Å². The molecule has 2 aromatic carbocycles. The number of halogens is 3. The molecule has 224 valence electrons. The van der Waals surface area contributed by atoms with Gasteiger partial charge in [-0.3, -0.25) is 14.5 Å². The van der Waals surface area contributed by atoms with Crippen molar-refractivity contribution < 1.29 is 27.5 Å². The number of nitrogens with zero attached hydrogens (tertiary/aromatic N) is 4. The molecule has 4 rings (SSSR count). The van der Waals surface area contributed by atoms with E-state index in [9.17, 15) is 22.8 Å². The van der Waals surface area contributed by atoms with Gasteiger partial charge in [0.15, 0.2) is 6.61 Å². The van der Waals surface area contributed by atoms with Crippen LogP contribution in [0.4, 0.5) is 18.9 Å². The maximum absolute atomic E-state index is 13.9. The summed E-state index contributed by atoms with van der Waals surface area (Å²) >= 11 is 0. The fourth-order valence-electron chi connectivity index (χ4n) is 5.22. The fourth-order valence-corrected chi connectivity index (χ4v) is 5.22. The number of hydrogen-bond donors (Lipinski definition) is 0. The molecule has 2 amide bonds. The number of amides is 2. The molecule has 2 heterocycles. The molecule has 0 aliphatic carbocycles. The summed E-state index contributed by atoms with van der Waals surface area (Å²) in [6.45, 7) is 9.61. The Morgan fingerprint density at radius 1 is 0.929 bits per heavy atom. The number of anilines is 1. The van der Waals surface area contributed by atoms with Gasteiger partial charge < -0.3 is 14.5 Å². The van der Waals surface area contributed by atoms with Crippen molar-refractivity contribution in [2.45, 2.75) is 52.9 Å². The fraction of sp³-hybridized carbons (Fsp3) is 0.406. The van der Waals surface area contributed by atoms with Crippen molar-refractivity contribution >= 4 is 17.5 Å². The SMILES string of the molecule is Cc1cccc2c1N(C(=O)COc1ccccc1)CCCN(C(C)C)CCN(C(=O)c1ccc(C(F)(F)F)nc1C)C2. The highest BCUT2D eigenvalue weighted by molar-refractivity contribution is 5.97. The van der Waals surface area contributed by atoms with Crippen molar-refractivity contribution in [2.24, 2.45) is 0 Å². The van der Waals surface area contributed by atoms with Crippen molar-refractivity contribution in [3.63, 3.8) is 0 Å². The number of pyridine rings is 1. The van der Waals surface area contributed by atoms with Crippen LogP contribution in [0.2, 0.25) is 0 Å². The quantitative estimate of drug-likeness (QED) is 0.376. The highest BCUT2D eigenvalue weighted by Gasteiger charge is 2.34. The Morgan fingerprint density at radius 2 is 1.67 bits per heavy atom. The van der Waals surface area contributed by atoms with Crippen LogP contribution in [0.25, 0.3) is 0 Å². The first-order valence-corrected chi connectivity index (χ1v) is 14.1. The Bertz CT molecular complexity index is 1400. The van der Waals surface area contributed by atoms with E-state index in [1.165, 1.54) is 13.0 Å². The maximum atomic E-state index is 13.9. The van der Waals surface area contributed by atoms with Crippen LogP contribution >= 0.6 is 0 Å². The second-order valence-corrected chi connectivity index (χ2v) is 10.8. The molecule has 1 aromatic heterocycles. The van der Waals surface area contributed by atoms with E-state index >= 15 is 0 Å². The third kappa shape index (κ3) is 7.47. The Kier molecular flexibility index (Phi) is 9.88. The summed E-state index contributed by atoms with van der Waals surface area (Å²) in [6, 6.07) is 17.1. The molecule has 0 saturated carbocycles. The third-order valence-corrected chi connectivity index (χ3v) is 7.47. The number of carbonyl (C=O) groups excluding carboxylic acids is 2. The second-order valence-electron chi connectivity index (χ2n) is 10.8. The molecule has 0 saturated heterocycles. The Morgan fingerprint density at radius 3 is 2.33 bits per heavy atom. The van der Waals surface area contributed by atoms with Gasteiger partial charge >= 0.3 is 6.18 Å². The van der Waals surface area contributed by atoms with Gasteiger partial charge in [0.1, 0.15) is 11.4 Å². The van der Waals surface area contributed by atoms with E-state index < -0.39 is 17.8 Å². The number of hydrogen-bond acceptors (Lipinski definition) is 5. The van der Waals surface area contributed by atoms with Gasteiger partial charge in [0, 0.05) is 38.8 Å². The van der Waals surface area contributed by atoms with E-state index in [0.717, 1.165) is 22.9 Å². The predicted octanol–water partition coefficient (Wildman–Crippen LogP) is 5.89. The summed E-state index contributed by atoms with van der Waals surface area (Å²) in [7, 11) is 0. The molecule has 0 radical (unpaired) electrons. The molecule has 0 N–H and O–H groups in total. The molecule has 10 heteroatoms. The molecule has 0 bridgehead atoms. The molecule has 7 nitrogen and oxygen atoms in total. The van der Waals surface area contributed by atoms with Crippen molar-refractivity contribution in [3.8, 4) is 5.75 Å². The average Bonchev–Trinajstić information content (AvgIpc) is 2.98. The van der Waals surface area contributed by atoms with Gasteiger partial charge in [0.2, 0.25) is 0 Å². The molecule has 0 unspecified atom stereocenters. The topological polar surface area (TPSA) is 66.0 Å². The van der Waals surface area contributed by atoms with Crippen LogP contribution in [0.15, 0.2) is 60.7 Å². The first-order chi connectivity index (χ1) is 20.0. The van der Waals surface area contributed by atoms with Crippen LogP contribution < -0.4 is 9.64 Å². The summed E-state index contributed by atoms with van der Waals surface area (Å²) < 4.78 is 45.5. The molecule has 0 atom stereocenters. The number of rotatable bonds is 5. The molecule has 1 aliphatic heterocycles. The molecule has 42 heavy (non-hydrogen) atoms. The number of aryl methyl sites for hydroxylation is 2. The Hall–Kier alpha value is -3.92. The molecule has 0 spiro atoms. The summed E-state index contributed by atoms with van der Waals surface area (Å²) in [5, 5.41) is 0. The highest BCUT2D eigenvalue weighted by atomic mass is 19.4. The molecular formula is C32H37F3N4O3. The molecular weight excluding hydrogens is 545 g/mol. The van der Waals surface area contributed by atoms with Gasteiger partial charge in [-0.15, -0.1) is 0 Å². The normalized spacial score (nSPS) is 15.2. The van der Waals surface area contributed by atoms with Crippen molar-refractivity contribution in [1.82, 2.24) is 14.8 Å². The lowest BCUT2D eigenvalue weighted by Gasteiger charge is -2.30. The van der Waals surface area contributed by atoms with Crippen LogP contribution in [-0.4, -0.2) is 65.4 Å². The monoisotopic (exact) mass is 582 g/mol. The average molecular weight is 583 g/mol. The van der Waals surface area contributed by atoms with Crippen LogP contribution in [0.5, 0.6) is 5.75 Å². The summed E-state index contributed by atoms with van der Waals surface area (Å²) in [6.07, 6.45) is -3.89. The number of ether oxygens (including phenoxy) is 1. The lowest BCUT2D eigenvalue weighted by atomic mass is 10.0. The first-order valence-electron chi connectivity index (χ1n) is 14.1. The minimum absolute atomic E-state index is 0.0178. The molecule has 1 aliphatic rings. The Balaban J connectivity index is 1.70. The standard InChI is InChI=1S/C32H37F3N4O3/c1-22(2)37-16-9-17-39(29(40)21-42-26-12-6-5-7-13-26)30-23(3)10-8-11-25(30)20-38(19-18-37)31(41)27-14-15-28(32(33,34)35)36-24(27)4/h5-8,10-15,22H,9,16-21H2,1-4H3. The lowest BCUT2D eigenvalue weighted by Crippen LogP contribution is -2.41. The molecule has 0 fully saturated rings. The zero-order chi connectivity index (χ0) is 30.4. The zero-order valence-corrected chi connectivity index (χ0v) is 24.4. The summed E-state index contributed by atoms with van der Waals surface area (Å²) in [4.78, 5) is 36.8. The van der Waals surface area contributed by atoms with Crippen molar-refractivity contribution in [2.75, 3.05) is 37.7 Å². The van der Waals surface area contributed by atoms with Crippen LogP contribution in [0.3, 0.4) is 0 Å². The number of carbonyl (C=O) groups is 2. The van der Waals surface area contributed by atoms with Gasteiger partial charge in [-0.05, 0) is 69.5 Å². The number of aromatic nitrogens is 1. The highest BCUT2D eigenvalue weighted by Crippen LogP contribution is 2.30. The van der Waals surface area contributed by atoms with E-state index in [1.807, 2.05) is 43.3 Å². The Labute approximate surface area is 244 Å². The van der Waals surface area contributed by atoms with E-state index in [2.05, 4.69) is 23.7 Å². The van der Waals surface area contributed by atoms with Gasteiger partial charge in [-0.1, -0.05) is 36.4 Å². The smallest absolute Gasteiger partial charge is 0.433 e. The van der Waals surface area contributed by atoms with E-state index in [1.54, 1.807) is 21.9 Å². The maximum Gasteiger partial charge on any atom is 0.433 e. The van der Waals surface area contributed by atoms with Crippen LogP contribution in [0.1, 0.15) is 53.1 Å². The second kappa shape index (κ2) is 13.4. The number of alkyl halides is 3. The van der Waals surface area contributed by atoms with E-state index in [-0.39, 0.29) is 36.4 Å². The largest absolute Gasteiger partial charge is 0.484 e. The third-order valence-electron chi connectivity index (χ3n) is 7.47. The summed E-state index contributed by atoms with van der Waals surface area (Å²) in [5.41, 5.74) is 1.47. The van der Waals surface area contributed by atoms with E-state index in [4.69, 9.17) is 4.74 Å².